The van der Waals surface area contributed by atoms with Gasteiger partial charge >= 0.3 is 6.03 Å². The fraction of sp³-hybridized carbons (Fsp3) is 0.200. The zero-order valence-corrected chi connectivity index (χ0v) is 18.1. The number of nitrogens with zero attached hydrogens (tertiary/aromatic N) is 3. The lowest BCUT2D eigenvalue weighted by atomic mass is 10.1. The summed E-state index contributed by atoms with van der Waals surface area (Å²) in [5.41, 5.74) is 2.62. The van der Waals surface area contributed by atoms with Crippen LogP contribution in [0.15, 0.2) is 73.1 Å². The summed E-state index contributed by atoms with van der Waals surface area (Å²) < 4.78 is 13.5. The van der Waals surface area contributed by atoms with E-state index in [0.29, 0.717) is 12.1 Å². The van der Waals surface area contributed by atoms with E-state index in [9.17, 15) is 18.8 Å². The third-order valence-corrected chi connectivity index (χ3v) is 5.46. The Balaban J connectivity index is 1.56. The highest BCUT2D eigenvalue weighted by Gasteiger charge is 2.46. The third kappa shape index (κ3) is 5.06. The topological polar surface area (TPSA) is 82.6 Å². The largest absolute Gasteiger partial charge is 0.332 e. The fourth-order valence-electron chi connectivity index (χ4n) is 3.84. The van der Waals surface area contributed by atoms with Crippen LogP contribution in [0.3, 0.4) is 0 Å². The van der Waals surface area contributed by atoms with Crippen molar-refractivity contribution in [1.29, 1.82) is 0 Å². The summed E-state index contributed by atoms with van der Waals surface area (Å²) in [6.07, 6.45) is 3.59. The van der Waals surface area contributed by atoms with Gasteiger partial charge in [0.2, 0.25) is 5.91 Å². The van der Waals surface area contributed by atoms with Crippen molar-refractivity contribution in [3.63, 3.8) is 0 Å². The van der Waals surface area contributed by atoms with Crippen LogP contribution >= 0.6 is 0 Å². The molecule has 0 unspecified atom stereocenters. The number of carbonyl (C=O) groups is 3. The third-order valence-electron chi connectivity index (χ3n) is 5.46. The Kier molecular flexibility index (Phi) is 6.44. The van der Waals surface area contributed by atoms with E-state index in [1.54, 1.807) is 36.7 Å². The summed E-state index contributed by atoms with van der Waals surface area (Å²) in [6.45, 7) is 2.13. The predicted molar refractivity (Wildman–Crippen MR) is 122 cm³/mol. The number of aryl methyl sites for hydroxylation is 1. The van der Waals surface area contributed by atoms with Crippen molar-refractivity contribution >= 4 is 29.2 Å². The van der Waals surface area contributed by atoms with Gasteiger partial charge in [0.15, 0.2) is 0 Å². The Hall–Kier alpha value is -4.07. The fourth-order valence-corrected chi connectivity index (χ4v) is 3.84. The van der Waals surface area contributed by atoms with Crippen molar-refractivity contribution in [2.45, 2.75) is 25.8 Å². The molecule has 1 atom stereocenters. The highest BCUT2D eigenvalue weighted by Crippen LogP contribution is 2.28. The lowest BCUT2D eigenvalue weighted by molar-refractivity contribution is -0.124. The van der Waals surface area contributed by atoms with E-state index in [0.717, 1.165) is 16.0 Å². The van der Waals surface area contributed by atoms with E-state index in [4.69, 9.17) is 0 Å². The zero-order chi connectivity index (χ0) is 23.4. The van der Waals surface area contributed by atoms with Gasteiger partial charge in [-0.3, -0.25) is 14.6 Å². The lowest BCUT2D eigenvalue weighted by Crippen LogP contribution is -2.39. The number of anilines is 2. The van der Waals surface area contributed by atoms with E-state index < -0.39 is 29.7 Å². The summed E-state index contributed by atoms with van der Waals surface area (Å²) >= 11 is 0. The molecule has 8 heteroatoms. The van der Waals surface area contributed by atoms with Gasteiger partial charge in [0, 0.05) is 24.6 Å². The Morgan fingerprint density at radius 1 is 1.06 bits per heavy atom. The maximum Gasteiger partial charge on any atom is 0.332 e. The number of nitrogens with one attached hydrogen (secondary N) is 1. The Labute approximate surface area is 190 Å². The van der Waals surface area contributed by atoms with E-state index in [2.05, 4.69) is 10.3 Å². The van der Waals surface area contributed by atoms with Crippen molar-refractivity contribution < 1.29 is 18.8 Å². The molecule has 33 heavy (non-hydrogen) atoms. The maximum absolute atomic E-state index is 13.5. The number of halogens is 1. The average Bonchev–Trinajstić information content (AvgIpc) is 3.02. The quantitative estimate of drug-likeness (QED) is 0.558. The second-order valence-electron chi connectivity index (χ2n) is 7.87. The molecule has 0 bridgehead atoms. The maximum atomic E-state index is 13.5. The first-order valence-electron chi connectivity index (χ1n) is 10.6. The Morgan fingerprint density at radius 3 is 2.55 bits per heavy atom. The van der Waals surface area contributed by atoms with Crippen LogP contribution in [0, 0.1) is 12.7 Å². The van der Waals surface area contributed by atoms with Crippen molar-refractivity contribution in [3.05, 3.63) is 90.0 Å². The molecule has 2 aromatic carbocycles. The molecular formula is C25H23FN4O3. The second-order valence-corrected chi connectivity index (χ2v) is 7.87. The number of amides is 4. The molecule has 7 nitrogen and oxygen atoms in total. The number of aromatic nitrogens is 1. The van der Waals surface area contributed by atoms with Crippen LogP contribution in [0.4, 0.5) is 20.6 Å². The van der Waals surface area contributed by atoms with Gasteiger partial charge in [0.05, 0.1) is 12.1 Å². The minimum atomic E-state index is -0.964. The Morgan fingerprint density at radius 2 is 1.82 bits per heavy atom. The number of urea groups is 1. The van der Waals surface area contributed by atoms with E-state index >= 15 is 0 Å². The van der Waals surface area contributed by atoms with Gasteiger partial charge in [-0.25, -0.2) is 14.1 Å². The summed E-state index contributed by atoms with van der Waals surface area (Å²) in [5.74, 6) is -1.43. The van der Waals surface area contributed by atoms with Gasteiger partial charge in [-0.05, 0) is 66.9 Å². The highest BCUT2D eigenvalue weighted by molar-refractivity contribution is 6.22. The van der Waals surface area contributed by atoms with Crippen LogP contribution in [-0.2, 0) is 16.0 Å². The molecule has 1 fully saturated rings. The first-order chi connectivity index (χ1) is 15.9. The van der Waals surface area contributed by atoms with Crippen molar-refractivity contribution in [1.82, 2.24) is 9.88 Å². The van der Waals surface area contributed by atoms with Crippen molar-refractivity contribution in [2.24, 2.45) is 0 Å². The standard InChI is InChI=1S/C25H23FN4O3/c1-17-4-2-7-21(14-17)30-24(32)22(16-23(31)28-20-6-3-5-19(26)15-20)29(25(30)33)13-10-18-8-11-27-12-9-18/h2-9,11-12,14-15,22H,10,13,16H2,1H3,(H,28,31)/t22-/m1/s1. The molecule has 3 aromatic rings. The van der Waals surface area contributed by atoms with Crippen molar-refractivity contribution in [2.75, 3.05) is 16.8 Å². The predicted octanol–water partition coefficient (Wildman–Crippen LogP) is 3.94. The van der Waals surface area contributed by atoms with Gasteiger partial charge in [-0.2, -0.15) is 0 Å². The van der Waals surface area contributed by atoms with E-state index in [1.165, 1.54) is 23.1 Å². The van der Waals surface area contributed by atoms with Gasteiger partial charge in [0.1, 0.15) is 11.9 Å². The first-order valence-corrected chi connectivity index (χ1v) is 10.6. The zero-order valence-electron chi connectivity index (χ0n) is 18.1. The average molecular weight is 446 g/mol. The number of hydrogen-bond acceptors (Lipinski definition) is 4. The number of pyridine rings is 1. The summed E-state index contributed by atoms with van der Waals surface area (Å²) in [4.78, 5) is 45.8. The smallest absolute Gasteiger partial charge is 0.326 e. The minimum absolute atomic E-state index is 0.236. The highest BCUT2D eigenvalue weighted by atomic mass is 19.1. The van der Waals surface area contributed by atoms with Gasteiger partial charge in [0.25, 0.3) is 5.91 Å². The first kappa shape index (κ1) is 22.1. The van der Waals surface area contributed by atoms with Crippen LogP contribution in [0.5, 0.6) is 0 Å². The molecule has 0 aliphatic carbocycles. The molecule has 1 aromatic heterocycles. The van der Waals surface area contributed by atoms with Crippen LogP contribution in [0.1, 0.15) is 17.5 Å². The normalized spacial score (nSPS) is 15.8. The number of imide groups is 1. The van der Waals surface area contributed by atoms with E-state index in [-0.39, 0.29) is 18.7 Å². The minimum Gasteiger partial charge on any atom is -0.326 e. The van der Waals surface area contributed by atoms with E-state index in [1.807, 2.05) is 25.1 Å². The molecule has 0 radical (unpaired) electrons. The molecule has 4 rings (SSSR count). The molecule has 1 saturated heterocycles. The van der Waals surface area contributed by atoms with Crippen molar-refractivity contribution in [3.8, 4) is 0 Å². The number of rotatable bonds is 7. The molecule has 168 valence electrons. The number of carbonyl (C=O) groups excluding carboxylic acids is 3. The summed E-state index contributed by atoms with van der Waals surface area (Å²) in [5, 5.41) is 2.61. The number of benzene rings is 2. The second kappa shape index (κ2) is 9.60. The van der Waals surface area contributed by atoms with Gasteiger partial charge < -0.3 is 10.2 Å². The summed E-state index contributed by atoms with van der Waals surface area (Å²) in [6, 6.07) is 14.9. The molecule has 0 spiro atoms. The molecule has 4 amide bonds. The van der Waals surface area contributed by atoms with Gasteiger partial charge in [-0.1, -0.05) is 18.2 Å². The van der Waals surface area contributed by atoms with Crippen LogP contribution in [-0.4, -0.2) is 40.3 Å². The monoisotopic (exact) mass is 446 g/mol. The summed E-state index contributed by atoms with van der Waals surface area (Å²) in [7, 11) is 0. The molecule has 1 aliphatic rings. The van der Waals surface area contributed by atoms with Crippen LogP contribution in [0.2, 0.25) is 0 Å². The number of hydrogen-bond donors (Lipinski definition) is 1. The molecule has 1 aliphatic heterocycles. The van der Waals surface area contributed by atoms with Gasteiger partial charge in [-0.15, -0.1) is 0 Å². The molecule has 1 N–H and O–H groups in total. The molecular weight excluding hydrogens is 423 g/mol. The lowest BCUT2D eigenvalue weighted by Gasteiger charge is -2.21. The Bertz CT molecular complexity index is 1190. The molecule has 0 saturated carbocycles. The van der Waals surface area contributed by atoms with Crippen LogP contribution in [0.25, 0.3) is 0 Å². The SMILES string of the molecule is Cc1cccc(N2C(=O)[C@@H](CC(=O)Nc3cccc(F)c3)N(CCc3ccncc3)C2=O)c1. The van der Waals surface area contributed by atoms with Crippen LogP contribution < -0.4 is 10.2 Å². The molecule has 2 heterocycles.